The van der Waals surface area contributed by atoms with Crippen molar-refractivity contribution in [2.24, 2.45) is 0 Å². The second kappa shape index (κ2) is 8.04. The lowest BCUT2D eigenvalue weighted by Gasteiger charge is -2.24. The molecule has 0 spiro atoms. The van der Waals surface area contributed by atoms with Crippen molar-refractivity contribution in [3.8, 4) is 22.5 Å². The summed E-state index contributed by atoms with van der Waals surface area (Å²) in [5.74, 6) is 1.01. The first kappa shape index (κ1) is 21.8. The molecule has 0 saturated heterocycles. The van der Waals surface area contributed by atoms with E-state index in [0.29, 0.717) is 0 Å². The van der Waals surface area contributed by atoms with Crippen molar-refractivity contribution in [3.63, 3.8) is 0 Å². The first-order chi connectivity index (χ1) is 18.0. The van der Waals surface area contributed by atoms with Crippen LogP contribution in [0.25, 0.3) is 65.9 Å². The van der Waals surface area contributed by atoms with Gasteiger partial charge in [0, 0.05) is 11.1 Å². The Bertz CT molecular complexity index is 1920. The van der Waals surface area contributed by atoms with Crippen LogP contribution in [0.15, 0.2) is 115 Å². The van der Waals surface area contributed by atoms with Crippen LogP contribution in [-0.4, -0.2) is 9.55 Å². The van der Waals surface area contributed by atoms with E-state index in [1.807, 2.05) is 0 Å². The SMILES string of the molecule is CC(C)(C)n1c(-c2ccccc2)nc2cc(-c3ccc4c5ccccc5c5ccccc5c4c3)ccc21. The highest BCUT2D eigenvalue weighted by Crippen LogP contribution is 2.38. The Kier molecular flexibility index (Phi) is 4.74. The molecule has 1 aromatic heterocycles. The Morgan fingerprint density at radius 1 is 0.486 bits per heavy atom. The first-order valence-corrected chi connectivity index (χ1v) is 12.9. The molecule has 0 aliphatic rings. The summed E-state index contributed by atoms with van der Waals surface area (Å²) in [5.41, 5.74) is 5.62. The van der Waals surface area contributed by atoms with Gasteiger partial charge < -0.3 is 4.57 Å². The maximum absolute atomic E-state index is 5.15. The predicted octanol–water partition coefficient (Wildman–Crippen LogP) is 9.58. The number of nitrogens with zero attached hydrogens (tertiary/aromatic N) is 2. The predicted molar refractivity (Wildman–Crippen MR) is 158 cm³/mol. The lowest BCUT2D eigenvalue weighted by atomic mass is 9.92. The zero-order chi connectivity index (χ0) is 25.1. The van der Waals surface area contributed by atoms with Gasteiger partial charge in [0.1, 0.15) is 5.82 Å². The number of benzene rings is 6. The zero-order valence-electron chi connectivity index (χ0n) is 21.4. The van der Waals surface area contributed by atoms with E-state index in [2.05, 4.69) is 141 Å². The van der Waals surface area contributed by atoms with Gasteiger partial charge in [0.25, 0.3) is 0 Å². The molecule has 0 aliphatic heterocycles. The fourth-order valence-electron chi connectivity index (χ4n) is 5.81. The van der Waals surface area contributed by atoms with Crippen LogP contribution in [0.5, 0.6) is 0 Å². The molecule has 2 nitrogen and oxygen atoms in total. The standard InChI is InChI=1S/C35H28N2/c1-35(2,3)37-33-20-18-25(22-32(33)36-34(37)23-11-5-4-6-12-23)24-17-19-30-28-15-8-7-13-26(28)27-14-9-10-16-29(27)31(30)21-24/h4-22H,1-3H3. The normalized spacial score (nSPS) is 12.2. The average Bonchev–Trinajstić information content (AvgIpc) is 3.33. The quantitative estimate of drug-likeness (QED) is 0.227. The molecule has 0 amide bonds. The Labute approximate surface area is 216 Å². The molecule has 0 aliphatic carbocycles. The van der Waals surface area contributed by atoms with Gasteiger partial charge in [-0.05, 0) is 82.4 Å². The van der Waals surface area contributed by atoms with E-state index in [0.717, 1.165) is 22.4 Å². The highest BCUT2D eigenvalue weighted by atomic mass is 15.1. The molecule has 7 aromatic rings. The number of hydrogen-bond acceptors (Lipinski definition) is 1. The molecule has 0 N–H and O–H groups in total. The Balaban J connectivity index is 1.46. The van der Waals surface area contributed by atoms with Gasteiger partial charge in [0.15, 0.2) is 0 Å². The highest BCUT2D eigenvalue weighted by Gasteiger charge is 2.22. The van der Waals surface area contributed by atoms with Gasteiger partial charge in [-0.3, -0.25) is 0 Å². The minimum atomic E-state index is -0.0929. The molecule has 37 heavy (non-hydrogen) atoms. The van der Waals surface area contributed by atoms with E-state index in [9.17, 15) is 0 Å². The molecule has 6 aromatic carbocycles. The molecule has 0 atom stereocenters. The maximum atomic E-state index is 5.15. The van der Waals surface area contributed by atoms with Gasteiger partial charge in [0.05, 0.1) is 11.0 Å². The van der Waals surface area contributed by atoms with Crippen molar-refractivity contribution in [2.75, 3.05) is 0 Å². The van der Waals surface area contributed by atoms with E-state index in [1.165, 1.54) is 43.4 Å². The highest BCUT2D eigenvalue weighted by molar-refractivity contribution is 6.25. The van der Waals surface area contributed by atoms with Gasteiger partial charge >= 0.3 is 0 Å². The van der Waals surface area contributed by atoms with Crippen molar-refractivity contribution in [1.29, 1.82) is 0 Å². The second-order valence-corrected chi connectivity index (χ2v) is 10.9. The molecular weight excluding hydrogens is 448 g/mol. The Morgan fingerprint density at radius 2 is 1.00 bits per heavy atom. The minimum Gasteiger partial charge on any atom is -0.319 e. The van der Waals surface area contributed by atoms with Crippen LogP contribution in [0.1, 0.15) is 20.8 Å². The van der Waals surface area contributed by atoms with Crippen molar-refractivity contribution >= 4 is 43.4 Å². The molecule has 178 valence electrons. The zero-order valence-corrected chi connectivity index (χ0v) is 21.4. The van der Waals surface area contributed by atoms with Crippen molar-refractivity contribution in [1.82, 2.24) is 9.55 Å². The Morgan fingerprint density at radius 3 is 1.62 bits per heavy atom. The van der Waals surface area contributed by atoms with Crippen LogP contribution in [-0.2, 0) is 5.54 Å². The fourth-order valence-corrected chi connectivity index (χ4v) is 5.81. The molecule has 0 radical (unpaired) electrons. The van der Waals surface area contributed by atoms with Gasteiger partial charge in [0.2, 0.25) is 0 Å². The van der Waals surface area contributed by atoms with Crippen LogP contribution in [0.2, 0.25) is 0 Å². The third-order valence-electron chi connectivity index (χ3n) is 7.43. The van der Waals surface area contributed by atoms with Crippen LogP contribution >= 0.6 is 0 Å². The molecule has 2 heteroatoms. The summed E-state index contributed by atoms with van der Waals surface area (Å²) >= 11 is 0. The van der Waals surface area contributed by atoms with Gasteiger partial charge in [-0.25, -0.2) is 4.98 Å². The van der Waals surface area contributed by atoms with Crippen LogP contribution in [0, 0.1) is 0 Å². The lowest BCUT2D eigenvalue weighted by molar-refractivity contribution is 0.413. The monoisotopic (exact) mass is 476 g/mol. The third-order valence-corrected chi connectivity index (χ3v) is 7.43. The van der Waals surface area contributed by atoms with Crippen LogP contribution in [0.3, 0.4) is 0 Å². The number of fused-ring (bicyclic) bond motifs is 7. The fraction of sp³-hybridized carbons (Fsp3) is 0.114. The Hall–Kier alpha value is -4.43. The maximum Gasteiger partial charge on any atom is 0.141 e. The van der Waals surface area contributed by atoms with Crippen LogP contribution < -0.4 is 0 Å². The number of rotatable bonds is 2. The molecule has 0 fully saturated rings. The summed E-state index contributed by atoms with van der Waals surface area (Å²) < 4.78 is 2.36. The van der Waals surface area contributed by atoms with E-state index < -0.39 is 0 Å². The number of imidazole rings is 1. The average molecular weight is 477 g/mol. The van der Waals surface area contributed by atoms with Crippen LogP contribution in [0.4, 0.5) is 0 Å². The summed E-state index contributed by atoms with van der Waals surface area (Å²) in [6.45, 7) is 6.73. The van der Waals surface area contributed by atoms with Gasteiger partial charge in [-0.1, -0.05) is 97.1 Å². The molecular formula is C35H28N2. The summed E-state index contributed by atoms with van der Waals surface area (Å²) in [7, 11) is 0. The van der Waals surface area contributed by atoms with Crippen molar-refractivity contribution in [2.45, 2.75) is 26.3 Å². The van der Waals surface area contributed by atoms with Crippen molar-refractivity contribution < 1.29 is 0 Å². The summed E-state index contributed by atoms with van der Waals surface area (Å²) in [6.07, 6.45) is 0. The first-order valence-electron chi connectivity index (χ1n) is 12.9. The second-order valence-electron chi connectivity index (χ2n) is 10.9. The summed E-state index contributed by atoms with van der Waals surface area (Å²) in [5, 5.41) is 7.78. The minimum absolute atomic E-state index is 0.0929. The lowest BCUT2D eigenvalue weighted by Crippen LogP contribution is -2.22. The van der Waals surface area contributed by atoms with Gasteiger partial charge in [-0.2, -0.15) is 0 Å². The van der Waals surface area contributed by atoms with E-state index in [1.54, 1.807) is 0 Å². The molecule has 1 heterocycles. The smallest absolute Gasteiger partial charge is 0.141 e. The third kappa shape index (κ3) is 3.44. The molecule has 0 saturated carbocycles. The van der Waals surface area contributed by atoms with E-state index in [-0.39, 0.29) is 5.54 Å². The molecule has 0 bridgehead atoms. The molecule has 0 unspecified atom stereocenters. The largest absolute Gasteiger partial charge is 0.319 e. The van der Waals surface area contributed by atoms with E-state index >= 15 is 0 Å². The van der Waals surface area contributed by atoms with E-state index in [4.69, 9.17) is 4.98 Å². The molecule has 7 rings (SSSR count). The number of aromatic nitrogens is 2. The van der Waals surface area contributed by atoms with Crippen molar-refractivity contribution in [3.05, 3.63) is 115 Å². The number of hydrogen-bond donors (Lipinski definition) is 0. The summed E-state index contributed by atoms with van der Waals surface area (Å²) in [4.78, 5) is 5.15. The van der Waals surface area contributed by atoms with Gasteiger partial charge in [-0.15, -0.1) is 0 Å². The summed E-state index contributed by atoms with van der Waals surface area (Å²) in [6, 6.07) is 41.6. The topological polar surface area (TPSA) is 17.8 Å².